The lowest BCUT2D eigenvalue weighted by molar-refractivity contribution is -0.113. The standard InChI is InChI=1S/C22H30N4OS/c1-14-7-17(4)22(18(5)8-14)25-20(27)12-28-21-9-19(23-13-24-21)26-10-15(2)6-16(3)11-26/h7-9,13,15-16H,6,10-12H2,1-5H3,(H,25,27)/t15-,16+. The van der Waals surface area contributed by atoms with Gasteiger partial charge in [0.15, 0.2) is 0 Å². The Labute approximate surface area is 172 Å². The molecule has 0 saturated carbocycles. The van der Waals surface area contributed by atoms with Gasteiger partial charge in [0.2, 0.25) is 5.91 Å². The van der Waals surface area contributed by atoms with Gasteiger partial charge in [-0.1, -0.05) is 43.3 Å². The molecule has 1 saturated heterocycles. The van der Waals surface area contributed by atoms with Crippen molar-refractivity contribution < 1.29 is 4.79 Å². The largest absolute Gasteiger partial charge is 0.356 e. The predicted octanol–water partition coefficient (Wildman–Crippen LogP) is 4.61. The Morgan fingerprint density at radius 3 is 2.39 bits per heavy atom. The van der Waals surface area contributed by atoms with Gasteiger partial charge in [-0.2, -0.15) is 0 Å². The summed E-state index contributed by atoms with van der Waals surface area (Å²) in [4.78, 5) is 23.6. The van der Waals surface area contributed by atoms with E-state index in [4.69, 9.17) is 0 Å². The molecule has 0 radical (unpaired) electrons. The minimum Gasteiger partial charge on any atom is -0.356 e. The second-order valence-corrected chi connectivity index (χ2v) is 9.17. The number of anilines is 2. The maximum Gasteiger partial charge on any atom is 0.234 e. The first-order chi connectivity index (χ1) is 13.3. The van der Waals surface area contributed by atoms with E-state index in [-0.39, 0.29) is 5.91 Å². The zero-order valence-electron chi connectivity index (χ0n) is 17.5. The molecule has 3 rings (SSSR count). The number of hydrogen-bond donors (Lipinski definition) is 1. The van der Waals surface area contributed by atoms with Crippen LogP contribution in [0.25, 0.3) is 0 Å². The molecule has 0 unspecified atom stereocenters. The average molecular weight is 399 g/mol. The third-order valence-corrected chi connectivity index (χ3v) is 6.04. The monoisotopic (exact) mass is 398 g/mol. The molecule has 2 atom stereocenters. The number of carbonyl (C=O) groups excluding carboxylic acids is 1. The molecular weight excluding hydrogens is 368 g/mol. The van der Waals surface area contributed by atoms with Gasteiger partial charge in [0.05, 0.1) is 5.75 Å². The van der Waals surface area contributed by atoms with Crippen molar-refractivity contribution in [3.63, 3.8) is 0 Å². The number of amides is 1. The highest BCUT2D eigenvalue weighted by Gasteiger charge is 2.23. The van der Waals surface area contributed by atoms with Crippen molar-refractivity contribution >= 4 is 29.2 Å². The summed E-state index contributed by atoms with van der Waals surface area (Å²) < 4.78 is 0. The Morgan fingerprint density at radius 1 is 1.11 bits per heavy atom. The molecule has 1 N–H and O–H groups in total. The lowest BCUT2D eigenvalue weighted by Crippen LogP contribution is -2.39. The molecular formula is C22H30N4OS. The van der Waals surface area contributed by atoms with Crippen LogP contribution in [0.1, 0.15) is 37.0 Å². The molecule has 1 fully saturated rings. The summed E-state index contributed by atoms with van der Waals surface area (Å²) in [5.41, 5.74) is 4.30. The zero-order chi connectivity index (χ0) is 20.3. The van der Waals surface area contributed by atoms with E-state index in [2.05, 4.69) is 53.1 Å². The van der Waals surface area contributed by atoms with E-state index < -0.39 is 0 Å². The fourth-order valence-corrected chi connectivity index (χ4v) is 4.79. The normalized spacial score (nSPS) is 19.5. The number of nitrogens with zero attached hydrogens (tertiary/aromatic N) is 3. The highest BCUT2D eigenvalue weighted by molar-refractivity contribution is 7.99. The average Bonchev–Trinajstić information content (AvgIpc) is 2.62. The maximum absolute atomic E-state index is 12.5. The quantitative estimate of drug-likeness (QED) is 0.588. The zero-order valence-corrected chi connectivity index (χ0v) is 18.3. The summed E-state index contributed by atoms with van der Waals surface area (Å²) in [6, 6.07) is 6.19. The summed E-state index contributed by atoms with van der Waals surface area (Å²) in [7, 11) is 0. The number of benzene rings is 1. The predicted molar refractivity (Wildman–Crippen MR) is 117 cm³/mol. The first-order valence-electron chi connectivity index (χ1n) is 9.89. The van der Waals surface area contributed by atoms with E-state index in [1.807, 2.05) is 19.9 Å². The summed E-state index contributed by atoms with van der Waals surface area (Å²) in [5.74, 6) is 2.61. The van der Waals surface area contributed by atoms with Crippen LogP contribution in [-0.2, 0) is 4.79 Å². The molecule has 6 heteroatoms. The molecule has 150 valence electrons. The summed E-state index contributed by atoms with van der Waals surface area (Å²) in [5, 5.41) is 3.89. The second kappa shape index (κ2) is 8.95. The Kier molecular flexibility index (Phi) is 6.60. The molecule has 1 aromatic carbocycles. The molecule has 1 aliphatic heterocycles. The van der Waals surface area contributed by atoms with Crippen LogP contribution in [0.4, 0.5) is 11.5 Å². The summed E-state index contributed by atoms with van der Waals surface area (Å²) >= 11 is 1.45. The van der Waals surface area contributed by atoms with Gasteiger partial charge < -0.3 is 10.2 Å². The molecule has 5 nitrogen and oxygen atoms in total. The fourth-order valence-electron chi connectivity index (χ4n) is 4.12. The van der Waals surface area contributed by atoms with Crippen LogP contribution >= 0.6 is 11.8 Å². The molecule has 2 heterocycles. The molecule has 1 aromatic heterocycles. The lowest BCUT2D eigenvalue weighted by atomic mass is 9.92. The van der Waals surface area contributed by atoms with Gasteiger partial charge in [0, 0.05) is 24.8 Å². The van der Waals surface area contributed by atoms with Crippen molar-refractivity contribution in [3.05, 3.63) is 41.2 Å². The van der Waals surface area contributed by atoms with Gasteiger partial charge >= 0.3 is 0 Å². The third kappa shape index (κ3) is 5.25. The fraction of sp³-hybridized carbons (Fsp3) is 0.500. The number of rotatable bonds is 5. The Balaban J connectivity index is 1.61. The molecule has 1 aliphatic rings. The first-order valence-corrected chi connectivity index (χ1v) is 10.9. The maximum atomic E-state index is 12.5. The van der Waals surface area contributed by atoms with Crippen LogP contribution in [0, 0.1) is 32.6 Å². The van der Waals surface area contributed by atoms with Crippen molar-refractivity contribution in [2.75, 3.05) is 29.1 Å². The van der Waals surface area contributed by atoms with E-state index >= 15 is 0 Å². The number of aryl methyl sites for hydroxylation is 3. The molecule has 28 heavy (non-hydrogen) atoms. The molecule has 0 spiro atoms. The Bertz CT molecular complexity index is 821. The second-order valence-electron chi connectivity index (χ2n) is 8.18. The molecule has 0 bridgehead atoms. The van der Waals surface area contributed by atoms with Crippen molar-refractivity contribution in [1.29, 1.82) is 0 Å². The van der Waals surface area contributed by atoms with Crippen molar-refractivity contribution in [3.8, 4) is 0 Å². The summed E-state index contributed by atoms with van der Waals surface area (Å²) in [6.07, 6.45) is 2.87. The number of carbonyl (C=O) groups is 1. The van der Waals surface area contributed by atoms with E-state index in [9.17, 15) is 4.79 Å². The van der Waals surface area contributed by atoms with E-state index in [1.54, 1.807) is 6.33 Å². The van der Waals surface area contributed by atoms with E-state index in [0.717, 1.165) is 40.7 Å². The van der Waals surface area contributed by atoms with Gasteiger partial charge in [0.25, 0.3) is 0 Å². The number of aromatic nitrogens is 2. The van der Waals surface area contributed by atoms with Gasteiger partial charge in [-0.15, -0.1) is 0 Å². The topological polar surface area (TPSA) is 58.1 Å². The van der Waals surface area contributed by atoms with Crippen molar-refractivity contribution in [1.82, 2.24) is 9.97 Å². The summed E-state index contributed by atoms with van der Waals surface area (Å²) in [6.45, 7) is 12.8. The highest BCUT2D eigenvalue weighted by atomic mass is 32.2. The van der Waals surface area contributed by atoms with Gasteiger partial charge in [-0.05, 0) is 50.2 Å². The number of piperidine rings is 1. The van der Waals surface area contributed by atoms with Crippen LogP contribution in [0.15, 0.2) is 29.6 Å². The number of thioether (sulfide) groups is 1. The van der Waals surface area contributed by atoms with Crippen molar-refractivity contribution in [2.24, 2.45) is 11.8 Å². The van der Waals surface area contributed by atoms with Crippen LogP contribution in [0.2, 0.25) is 0 Å². The van der Waals surface area contributed by atoms with Gasteiger partial charge in [-0.25, -0.2) is 9.97 Å². The molecule has 2 aromatic rings. The van der Waals surface area contributed by atoms with E-state index in [1.165, 1.54) is 23.7 Å². The van der Waals surface area contributed by atoms with Crippen molar-refractivity contribution in [2.45, 2.75) is 46.1 Å². The highest BCUT2D eigenvalue weighted by Crippen LogP contribution is 2.27. The SMILES string of the molecule is Cc1cc(C)c(NC(=O)CSc2cc(N3C[C@H](C)C[C@H](C)C3)ncn2)c(C)c1. The minimum absolute atomic E-state index is 0.0135. The van der Waals surface area contributed by atoms with Crippen LogP contribution in [-0.4, -0.2) is 34.7 Å². The smallest absolute Gasteiger partial charge is 0.234 e. The minimum atomic E-state index is -0.0135. The Morgan fingerprint density at radius 2 is 1.75 bits per heavy atom. The van der Waals surface area contributed by atoms with E-state index in [0.29, 0.717) is 17.6 Å². The van der Waals surface area contributed by atoms with Gasteiger partial charge in [0.1, 0.15) is 17.2 Å². The van der Waals surface area contributed by atoms with Crippen LogP contribution in [0.3, 0.4) is 0 Å². The third-order valence-electron chi connectivity index (χ3n) is 5.11. The first kappa shape index (κ1) is 20.6. The molecule has 1 amide bonds. The lowest BCUT2D eigenvalue weighted by Gasteiger charge is -2.35. The van der Waals surface area contributed by atoms with Gasteiger partial charge in [-0.3, -0.25) is 4.79 Å². The Hall–Kier alpha value is -2.08. The molecule has 0 aliphatic carbocycles. The van der Waals surface area contributed by atoms with Crippen LogP contribution in [0.5, 0.6) is 0 Å². The number of hydrogen-bond acceptors (Lipinski definition) is 5. The number of nitrogens with one attached hydrogen (secondary N) is 1. The van der Waals surface area contributed by atoms with Crippen LogP contribution < -0.4 is 10.2 Å².